The Hall–Kier alpha value is -2.48. The third-order valence-electron chi connectivity index (χ3n) is 3.59. The van der Waals surface area contributed by atoms with E-state index < -0.39 is 28.3 Å². The zero-order valence-electron chi connectivity index (χ0n) is 11.2. The average Bonchev–Trinajstić information content (AvgIpc) is 2.81. The van der Waals surface area contributed by atoms with Gasteiger partial charge in [0, 0.05) is 6.07 Å². The second-order valence-corrected chi connectivity index (χ2v) is 5.04. The standard InChI is InChI=1S/C13H14N2O6/c1-13(12(17)18)7-21-6-10(13)14-11(16)8-4-2-3-5-9(8)15(19)20/h2-5,10H,6-7H2,1H3,(H,14,16)(H,17,18). The van der Waals surface area contributed by atoms with E-state index >= 15 is 0 Å². The summed E-state index contributed by atoms with van der Waals surface area (Å²) in [5.74, 6) is -1.78. The number of carbonyl (C=O) groups is 2. The summed E-state index contributed by atoms with van der Waals surface area (Å²) in [6, 6.07) is 4.75. The molecule has 1 aliphatic rings. The number of para-hydroxylation sites is 1. The SMILES string of the molecule is CC1(C(=O)O)COCC1NC(=O)c1ccccc1[N+](=O)[O-]. The first kappa shape index (κ1) is 14.9. The number of nitrogens with zero attached hydrogens (tertiary/aromatic N) is 1. The Balaban J connectivity index is 2.23. The minimum atomic E-state index is -1.25. The minimum Gasteiger partial charge on any atom is -0.481 e. The molecule has 1 heterocycles. The van der Waals surface area contributed by atoms with Gasteiger partial charge in [-0.3, -0.25) is 19.7 Å². The topological polar surface area (TPSA) is 119 Å². The maximum atomic E-state index is 12.2. The lowest BCUT2D eigenvalue weighted by Gasteiger charge is -2.25. The normalized spacial score (nSPS) is 24.5. The van der Waals surface area contributed by atoms with Crippen LogP contribution < -0.4 is 5.32 Å². The van der Waals surface area contributed by atoms with E-state index in [4.69, 9.17) is 4.74 Å². The van der Waals surface area contributed by atoms with Crippen LogP contribution in [-0.2, 0) is 9.53 Å². The van der Waals surface area contributed by atoms with E-state index in [0.717, 1.165) is 0 Å². The molecular weight excluding hydrogens is 280 g/mol. The molecule has 0 spiro atoms. The lowest BCUT2D eigenvalue weighted by molar-refractivity contribution is -0.385. The predicted octanol–water partition coefficient (Wildman–Crippen LogP) is 0.814. The van der Waals surface area contributed by atoms with Crippen molar-refractivity contribution in [2.75, 3.05) is 13.2 Å². The molecule has 0 bridgehead atoms. The minimum absolute atomic E-state index is 0.0236. The lowest BCUT2D eigenvalue weighted by Crippen LogP contribution is -2.49. The van der Waals surface area contributed by atoms with Gasteiger partial charge in [-0.15, -0.1) is 0 Å². The number of carboxylic acids is 1. The molecule has 8 nitrogen and oxygen atoms in total. The Bertz CT molecular complexity index is 602. The van der Waals surface area contributed by atoms with Crippen molar-refractivity contribution in [3.63, 3.8) is 0 Å². The number of nitro groups is 1. The number of nitrogens with one attached hydrogen (secondary N) is 1. The van der Waals surface area contributed by atoms with Crippen LogP contribution in [0.15, 0.2) is 24.3 Å². The van der Waals surface area contributed by atoms with Gasteiger partial charge < -0.3 is 15.2 Å². The van der Waals surface area contributed by atoms with Gasteiger partial charge in [0.1, 0.15) is 11.0 Å². The summed E-state index contributed by atoms with van der Waals surface area (Å²) < 4.78 is 5.12. The largest absolute Gasteiger partial charge is 0.481 e. The fourth-order valence-electron chi connectivity index (χ4n) is 2.15. The molecule has 2 atom stereocenters. The molecule has 1 aromatic rings. The highest BCUT2D eigenvalue weighted by Crippen LogP contribution is 2.29. The maximum absolute atomic E-state index is 12.2. The number of amides is 1. The highest BCUT2D eigenvalue weighted by atomic mass is 16.6. The van der Waals surface area contributed by atoms with Crippen LogP contribution in [0.3, 0.4) is 0 Å². The van der Waals surface area contributed by atoms with Crippen LogP contribution in [0.2, 0.25) is 0 Å². The van der Waals surface area contributed by atoms with Crippen molar-refractivity contribution in [1.29, 1.82) is 0 Å². The Labute approximate surface area is 119 Å². The number of carbonyl (C=O) groups excluding carboxylic acids is 1. The molecule has 0 saturated carbocycles. The number of hydrogen-bond donors (Lipinski definition) is 2. The van der Waals surface area contributed by atoms with Gasteiger partial charge in [0.05, 0.1) is 24.2 Å². The monoisotopic (exact) mass is 294 g/mol. The van der Waals surface area contributed by atoms with Crippen LogP contribution in [0, 0.1) is 15.5 Å². The van der Waals surface area contributed by atoms with E-state index in [1.165, 1.54) is 31.2 Å². The Morgan fingerprint density at radius 1 is 1.48 bits per heavy atom. The molecular formula is C13H14N2O6. The van der Waals surface area contributed by atoms with Crippen LogP contribution in [0.4, 0.5) is 5.69 Å². The zero-order valence-corrected chi connectivity index (χ0v) is 11.2. The van der Waals surface area contributed by atoms with Gasteiger partial charge in [-0.2, -0.15) is 0 Å². The Morgan fingerprint density at radius 2 is 2.14 bits per heavy atom. The molecule has 2 N–H and O–H groups in total. The molecule has 8 heteroatoms. The van der Waals surface area contributed by atoms with Gasteiger partial charge in [-0.1, -0.05) is 12.1 Å². The van der Waals surface area contributed by atoms with Crippen LogP contribution in [0.5, 0.6) is 0 Å². The van der Waals surface area contributed by atoms with Gasteiger partial charge in [0.25, 0.3) is 11.6 Å². The van der Waals surface area contributed by atoms with Gasteiger partial charge in [0.2, 0.25) is 0 Å². The fourth-order valence-corrected chi connectivity index (χ4v) is 2.15. The van der Waals surface area contributed by atoms with E-state index in [1.807, 2.05) is 0 Å². The Kier molecular flexibility index (Phi) is 3.90. The molecule has 0 aromatic heterocycles. The van der Waals surface area contributed by atoms with Crippen LogP contribution in [0.1, 0.15) is 17.3 Å². The molecule has 1 aromatic carbocycles. The molecule has 2 rings (SSSR count). The second-order valence-electron chi connectivity index (χ2n) is 5.04. The summed E-state index contributed by atoms with van der Waals surface area (Å²) in [7, 11) is 0. The number of benzene rings is 1. The summed E-state index contributed by atoms with van der Waals surface area (Å²) in [6.45, 7) is 1.49. The van der Waals surface area contributed by atoms with Crippen molar-refractivity contribution in [3.8, 4) is 0 Å². The Morgan fingerprint density at radius 3 is 2.76 bits per heavy atom. The predicted molar refractivity (Wildman–Crippen MR) is 70.9 cm³/mol. The van der Waals surface area contributed by atoms with E-state index in [-0.39, 0.29) is 24.5 Å². The molecule has 1 aliphatic heterocycles. The quantitative estimate of drug-likeness (QED) is 0.626. The van der Waals surface area contributed by atoms with Crippen LogP contribution >= 0.6 is 0 Å². The number of ether oxygens (including phenoxy) is 1. The van der Waals surface area contributed by atoms with Gasteiger partial charge in [-0.25, -0.2) is 0 Å². The van der Waals surface area contributed by atoms with E-state index in [0.29, 0.717) is 0 Å². The zero-order chi connectivity index (χ0) is 15.6. The summed E-state index contributed by atoms with van der Waals surface area (Å²) >= 11 is 0. The van der Waals surface area contributed by atoms with Crippen molar-refractivity contribution in [2.45, 2.75) is 13.0 Å². The molecule has 1 saturated heterocycles. The van der Waals surface area contributed by atoms with Gasteiger partial charge in [0.15, 0.2) is 0 Å². The third-order valence-corrected chi connectivity index (χ3v) is 3.59. The maximum Gasteiger partial charge on any atom is 0.313 e. The summed E-state index contributed by atoms with van der Waals surface area (Å²) in [4.78, 5) is 33.7. The van der Waals surface area contributed by atoms with Gasteiger partial charge in [-0.05, 0) is 13.0 Å². The van der Waals surface area contributed by atoms with Crippen LogP contribution in [0.25, 0.3) is 0 Å². The molecule has 0 aliphatic carbocycles. The highest BCUT2D eigenvalue weighted by Gasteiger charge is 2.47. The number of nitro benzene ring substituents is 1. The first-order valence-electron chi connectivity index (χ1n) is 6.21. The second kappa shape index (κ2) is 5.49. The fraction of sp³-hybridized carbons (Fsp3) is 0.385. The molecule has 21 heavy (non-hydrogen) atoms. The first-order valence-corrected chi connectivity index (χ1v) is 6.21. The molecule has 0 radical (unpaired) electrons. The number of aliphatic carboxylic acids is 1. The van der Waals surface area contributed by atoms with Gasteiger partial charge >= 0.3 is 5.97 Å². The average molecular weight is 294 g/mol. The molecule has 2 unspecified atom stereocenters. The van der Waals surface area contributed by atoms with Crippen molar-refractivity contribution in [1.82, 2.24) is 5.32 Å². The number of rotatable bonds is 4. The number of hydrogen-bond acceptors (Lipinski definition) is 5. The van der Waals surface area contributed by atoms with Crippen molar-refractivity contribution in [3.05, 3.63) is 39.9 Å². The van der Waals surface area contributed by atoms with E-state index in [9.17, 15) is 24.8 Å². The molecule has 1 fully saturated rings. The number of carboxylic acid groups (broad SMARTS) is 1. The van der Waals surface area contributed by atoms with Crippen LogP contribution in [-0.4, -0.2) is 41.2 Å². The van der Waals surface area contributed by atoms with E-state index in [1.54, 1.807) is 0 Å². The highest BCUT2D eigenvalue weighted by molar-refractivity contribution is 5.98. The summed E-state index contributed by atoms with van der Waals surface area (Å²) in [5, 5.41) is 22.6. The summed E-state index contributed by atoms with van der Waals surface area (Å²) in [5.41, 5.74) is -1.69. The van der Waals surface area contributed by atoms with Crippen molar-refractivity contribution in [2.24, 2.45) is 5.41 Å². The summed E-state index contributed by atoms with van der Waals surface area (Å²) in [6.07, 6.45) is 0. The first-order chi connectivity index (χ1) is 9.86. The lowest BCUT2D eigenvalue weighted by atomic mass is 9.85. The molecule has 112 valence electrons. The molecule has 1 amide bonds. The smallest absolute Gasteiger partial charge is 0.313 e. The van der Waals surface area contributed by atoms with Crippen molar-refractivity contribution < 1.29 is 24.4 Å². The van der Waals surface area contributed by atoms with Crippen molar-refractivity contribution >= 4 is 17.6 Å². The van der Waals surface area contributed by atoms with E-state index in [2.05, 4.69) is 5.32 Å². The third kappa shape index (κ3) is 2.70.